The number of thiazole rings is 1. The Kier molecular flexibility index (Phi) is 5.24. The van der Waals surface area contributed by atoms with Crippen molar-refractivity contribution in [1.82, 2.24) is 9.88 Å². The molecule has 1 aromatic heterocycles. The Balaban J connectivity index is 1.65. The summed E-state index contributed by atoms with van der Waals surface area (Å²) in [4.78, 5) is 19.9. The summed E-state index contributed by atoms with van der Waals surface area (Å²) in [6, 6.07) is -0.132. The van der Waals surface area contributed by atoms with Crippen molar-refractivity contribution in [2.45, 2.75) is 38.0 Å². The van der Waals surface area contributed by atoms with Crippen LogP contribution in [0.1, 0.15) is 23.9 Å². The maximum Gasteiger partial charge on any atom is 0.240 e. The average Bonchev–Trinajstić information content (AvgIpc) is 2.90. The number of hydrogen-bond acceptors (Lipinski definition) is 7. The van der Waals surface area contributed by atoms with Gasteiger partial charge in [-0.05, 0) is 19.8 Å². The smallest absolute Gasteiger partial charge is 0.240 e. The van der Waals surface area contributed by atoms with Crippen LogP contribution in [0, 0.1) is 6.92 Å². The summed E-state index contributed by atoms with van der Waals surface area (Å²) in [7, 11) is -3.13. The number of sulfone groups is 1. The third-order valence-electron chi connectivity index (χ3n) is 4.68. The summed E-state index contributed by atoms with van der Waals surface area (Å²) < 4.78 is 29.7. The number of ether oxygens (including phenoxy) is 1. The third-order valence-corrected chi connectivity index (χ3v) is 7.74. The van der Waals surface area contributed by atoms with E-state index in [1.54, 1.807) is 0 Å². The minimum atomic E-state index is -3.13. The molecule has 0 spiro atoms. The molecule has 2 saturated heterocycles. The molecule has 1 N–H and O–H groups in total. The van der Waals surface area contributed by atoms with Crippen molar-refractivity contribution >= 4 is 32.2 Å². The van der Waals surface area contributed by atoms with Gasteiger partial charge in [-0.3, -0.25) is 9.69 Å². The fraction of sp³-hybridized carbons (Fsp3) is 0.733. The van der Waals surface area contributed by atoms with Gasteiger partial charge in [0, 0.05) is 24.1 Å². The Labute approximate surface area is 146 Å². The molecule has 3 heterocycles. The second-order valence-corrected chi connectivity index (χ2v) is 9.77. The lowest BCUT2D eigenvalue weighted by molar-refractivity contribution is -0.118. The van der Waals surface area contributed by atoms with Crippen molar-refractivity contribution in [3.63, 3.8) is 0 Å². The van der Waals surface area contributed by atoms with Crippen molar-refractivity contribution < 1.29 is 17.9 Å². The van der Waals surface area contributed by atoms with E-state index in [2.05, 4.69) is 10.3 Å². The number of carbonyl (C=O) groups excluding carboxylic acids is 1. The second-order valence-electron chi connectivity index (χ2n) is 6.23. The molecule has 3 rings (SSSR count). The monoisotopic (exact) mass is 373 g/mol. The second kappa shape index (κ2) is 7.07. The zero-order valence-electron chi connectivity index (χ0n) is 13.9. The number of fused-ring (bicyclic) bond motifs is 1. The summed E-state index contributed by atoms with van der Waals surface area (Å²) in [5.74, 6) is -0.0582. The molecular weight excluding hydrogens is 350 g/mol. The van der Waals surface area contributed by atoms with Crippen molar-refractivity contribution in [2.75, 3.05) is 37.4 Å². The summed E-state index contributed by atoms with van der Waals surface area (Å²) in [5, 5.41) is 2.95. The zero-order valence-corrected chi connectivity index (χ0v) is 15.6. The molecule has 0 unspecified atom stereocenters. The summed E-state index contributed by atoms with van der Waals surface area (Å²) in [6.07, 6.45) is 1.49. The molecule has 9 heteroatoms. The molecule has 1 amide bonds. The first kappa shape index (κ1) is 17.8. The number of aromatic nitrogens is 1. The molecular formula is C15H23N3O4S2. The highest BCUT2D eigenvalue weighted by molar-refractivity contribution is 7.92. The molecule has 134 valence electrons. The first-order chi connectivity index (χ1) is 11.4. The quantitative estimate of drug-likeness (QED) is 0.841. The van der Waals surface area contributed by atoms with E-state index in [1.165, 1.54) is 11.3 Å². The summed E-state index contributed by atoms with van der Waals surface area (Å²) in [5.41, 5.74) is 1.00. The topological polar surface area (TPSA) is 88.6 Å². The lowest BCUT2D eigenvalue weighted by Crippen LogP contribution is -2.59. The van der Waals surface area contributed by atoms with E-state index in [1.807, 2.05) is 18.7 Å². The first-order valence-electron chi connectivity index (χ1n) is 8.20. The average molecular weight is 374 g/mol. The minimum absolute atomic E-state index is 0.0845. The van der Waals surface area contributed by atoms with E-state index < -0.39 is 15.1 Å². The fourth-order valence-corrected chi connectivity index (χ4v) is 6.17. The van der Waals surface area contributed by atoms with Crippen molar-refractivity contribution in [3.05, 3.63) is 10.6 Å². The molecule has 2 aliphatic rings. The largest absolute Gasteiger partial charge is 0.380 e. The van der Waals surface area contributed by atoms with Gasteiger partial charge in [-0.1, -0.05) is 6.92 Å². The zero-order chi connectivity index (χ0) is 17.3. The molecule has 0 aromatic carbocycles. The molecule has 0 radical (unpaired) electrons. The Morgan fingerprint density at radius 2 is 2.29 bits per heavy atom. The van der Waals surface area contributed by atoms with Crippen LogP contribution in [0.25, 0.3) is 0 Å². The molecule has 0 saturated carbocycles. The van der Waals surface area contributed by atoms with Crippen LogP contribution in [-0.2, 0) is 25.8 Å². The van der Waals surface area contributed by atoms with Crippen LogP contribution >= 0.6 is 11.3 Å². The van der Waals surface area contributed by atoms with Gasteiger partial charge in [0.1, 0.15) is 5.25 Å². The lowest BCUT2D eigenvalue weighted by atomic mass is 10.1. The predicted octanol–water partition coefficient (Wildman–Crippen LogP) is 0.840. The molecule has 0 bridgehead atoms. The van der Waals surface area contributed by atoms with Crippen LogP contribution in [-0.4, -0.2) is 67.6 Å². The minimum Gasteiger partial charge on any atom is -0.380 e. The number of carbonyl (C=O) groups is 1. The van der Waals surface area contributed by atoms with Crippen molar-refractivity contribution in [2.24, 2.45) is 0 Å². The normalized spacial score (nSPS) is 26.8. The van der Waals surface area contributed by atoms with E-state index in [9.17, 15) is 13.2 Å². The van der Waals surface area contributed by atoms with Crippen molar-refractivity contribution in [1.29, 1.82) is 0 Å². The van der Waals surface area contributed by atoms with E-state index in [0.717, 1.165) is 17.0 Å². The maximum absolute atomic E-state index is 12.4. The van der Waals surface area contributed by atoms with Crippen LogP contribution in [0.15, 0.2) is 0 Å². The van der Waals surface area contributed by atoms with Crippen LogP contribution in [0.4, 0.5) is 5.13 Å². The Morgan fingerprint density at radius 1 is 1.50 bits per heavy atom. The lowest BCUT2D eigenvalue weighted by Gasteiger charge is -2.42. The van der Waals surface area contributed by atoms with Gasteiger partial charge in [-0.25, -0.2) is 13.4 Å². The molecule has 2 fully saturated rings. The number of hydrogen-bond donors (Lipinski definition) is 1. The molecule has 2 atom stereocenters. The van der Waals surface area contributed by atoms with E-state index in [4.69, 9.17) is 4.74 Å². The number of nitrogens with one attached hydrogen (secondary N) is 1. The van der Waals surface area contributed by atoms with Gasteiger partial charge in [-0.2, -0.15) is 0 Å². The standard InChI is InChI=1S/C15H23N3O4S2/c1-3-11-10(2)23-15(16-11)17-14(19)8-18-5-7-24(20,21)13-9-22-6-4-12(13)18/h12-13H,3-9H2,1-2H3,(H,16,17,19)/t12-,13-/m0/s1. The first-order valence-corrected chi connectivity index (χ1v) is 10.7. The van der Waals surface area contributed by atoms with E-state index in [0.29, 0.717) is 24.7 Å². The van der Waals surface area contributed by atoms with Crippen molar-refractivity contribution in [3.8, 4) is 0 Å². The Bertz CT molecular complexity index is 716. The Morgan fingerprint density at radius 3 is 3.00 bits per heavy atom. The molecule has 2 aliphatic heterocycles. The Hall–Kier alpha value is -1.03. The molecule has 24 heavy (non-hydrogen) atoms. The van der Waals surface area contributed by atoms with Crippen LogP contribution in [0.3, 0.4) is 0 Å². The third kappa shape index (κ3) is 3.63. The number of rotatable bonds is 4. The molecule has 0 aliphatic carbocycles. The highest BCUT2D eigenvalue weighted by atomic mass is 32.2. The number of amides is 1. The fourth-order valence-electron chi connectivity index (χ4n) is 3.37. The summed E-state index contributed by atoms with van der Waals surface area (Å²) >= 11 is 1.47. The van der Waals surface area contributed by atoms with E-state index >= 15 is 0 Å². The van der Waals surface area contributed by atoms with Crippen LogP contribution in [0.2, 0.25) is 0 Å². The van der Waals surface area contributed by atoms with Crippen LogP contribution < -0.4 is 5.32 Å². The van der Waals surface area contributed by atoms with Gasteiger partial charge < -0.3 is 10.1 Å². The van der Waals surface area contributed by atoms with Crippen LogP contribution in [0.5, 0.6) is 0 Å². The SMILES string of the molecule is CCc1nc(NC(=O)CN2CCS(=O)(=O)[C@H]3COCC[C@@H]32)sc1C. The number of aryl methyl sites for hydroxylation is 2. The van der Waals surface area contributed by atoms with Gasteiger partial charge in [-0.15, -0.1) is 11.3 Å². The van der Waals surface area contributed by atoms with Gasteiger partial charge in [0.05, 0.1) is 24.6 Å². The number of nitrogens with zero attached hydrogens (tertiary/aromatic N) is 2. The molecule has 7 nitrogen and oxygen atoms in total. The number of anilines is 1. The molecule has 1 aromatic rings. The highest BCUT2D eigenvalue weighted by Gasteiger charge is 2.43. The maximum atomic E-state index is 12.4. The van der Waals surface area contributed by atoms with Gasteiger partial charge in [0.2, 0.25) is 5.91 Å². The van der Waals surface area contributed by atoms with E-state index in [-0.39, 0.29) is 30.9 Å². The highest BCUT2D eigenvalue weighted by Crippen LogP contribution is 2.26. The van der Waals surface area contributed by atoms with Gasteiger partial charge in [0.15, 0.2) is 15.0 Å². The van der Waals surface area contributed by atoms with Gasteiger partial charge in [0.25, 0.3) is 0 Å². The summed E-state index contributed by atoms with van der Waals surface area (Å²) in [6.45, 7) is 5.39. The van der Waals surface area contributed by atoms with Gasteiger partial charge >= 0.3 is 0 Å². The predicted molar refractivity (Wildman–Crippen MR) is 93.2 cm³/mol.